The highest BCUT2D eigenvalue weighted by molar-refractivity contribution is 5.94. The number of aliphatic hydroxyl groups is 1. The highest BCUT2D eigenvalue weighted by Crippen LogP contribution is 2.30. The van der Waals surface area contributed by atoms with Crippen molar-refractivity contribution in [3.05, 3.63) is 88.4 Å². The Morgan fingerprint density at radius 1 is 1.03 bits per heavy atom. The number of nitrogens with zero attached hydrogens (tertiary/aromatic N) is 5. The number of benzene rings is 2. The lowest BCUT2D eigenvalue weighted by Gasteiger charge is -2.38. The molecule has 1 aliphatic heterocycles. The summed E-state index contributed by atoms with van der Waals surface area (Å²) in [6.45, 7) is 0.449. The van der Waals surface area contributed by atoms with Gasteiger partial charge in [-0.2, -0.15) is 18.3 Å². The standard InChI is InChI=1S/C25H21F4N5O3/c26-18-5-1-16(2-6-18)22(35)32-11-9-24(37,10-12-32)14-33-15-30-21-20(23(33)36)13-31-34(21)19-7-3-17(4-8-19)25(27,28)29/h1-8,13,15,37H,9-12,14H2. The summed E-state index contributed by atoms with van der Waals surface area (Å²) in [5.74, 6) is -0.705. The summed E-state index contributed by atoms with van der Waals surface area (Å²) in [6, 6.07) is 9.57. The van der Waals surface area contributed by atoms with Crippen molar-refractivity contribution in [3.8, 4) is 5.69 Å². The molecule has 0 radical (unpaired) electrons. The first-order valence-corrected chi connectivity index (χ1v) is 11.4. The van der Waals surface area contributed by atoms with Gasteiger partial charge in [-0.15, -0.1) is 0 Å². The van der Waals surface area contributed by atoms with E-state index in [9.17, 15) is 32.3 Å². The number of likely N-dealkylation sites (tertiary alicyclic amines) is 1. The minimum absolute atomic E-state index is 0.0567. The summed E-state index contributed by atoms with van der Waals surface area (Å²) >= 11 is 0. The van der Waals surface area contributed by atoms with Crippen LogP contribution in [0.25, 0.3) is 16.7 Å². The first-order chi connectivity index (χ1) is 17.5. The average Bonchev–Trinajstić information content (AvgIpc) is 3.31. The number of piperidine rings is 1. The number of aromatic nitrogens is 4. The number of hydrogen-bond acceptors (Lipinski definition) is 5. The number of fused-ring (bicyclic) bond motifs is 1. The van der Waals surface area contributed by atoms with E-state index < -0.39 is 28.7 Å². The topological polar surface area (TPSA) is 93.2 Å². The SMILES string of the molecule is O=C(c1ccc(F)cc1)N1CCC(O)(Cn2cnc3c(cnn3-c3ccc(C(F)(F)F)cc3)c2=O)CC1. The van der Waals surface area contributed by atoms with Crippen LogP contribution in [0.4, 0.5) is 17.6 Å². The van der Waals surface area contributed by atoms with E-state index in [-0.39, 0.29) is 49.4 Å². The van der Waals surface area contributed by atoms with Crippen LogP contribution in [-0.4, -0.2) is 53.9 Å². The van der Waals surface area contributed by atoms with Crippen LogP contribution in [0.1, 0.15) is 28.8 Å². The van der Waals surface area contributed by atoms with E-state index in [0.717, 1.165) is 12.1 Å². The van der Waals surface area contributed by atoms with Crippen LogP contribution in [0.5, 0.6) is 0 Å². The van der Waals surface area contributed by atoms with Crippen LogP contribution in [-0.2, 0) is 12.7 Å². The van der Waals surface area contributed by atoms with E-state index in [0.29, 0.717) is 11.3 Å². The summed E-state index contributed by atoms with van der Waals surface area (Å²) in [4.78, 5) is 31.6. The first-order valence-electron chi connectivity index (χ1n) is 11.4. The molecule has 0 atom stereocenters. The van der Waals surface area contributed by atoms with Crippen LogP contribution in [0, 0.1) is 5.82 Å². The van der Waals surface area contributed by atoms with E-state index in [1.807, 2.05) is 0 Å². The molecule has 1 amide bonds. The van der Waals surface area contributed by atoms with Crippen molar-refractivity contribution in [1.82, 2.24) is 24.2 Å². The van der Waals surface area contributed by atoms with Gasteiger partial charge in [-0.3, -0.25) is 14.2 Å². The van der Waals surface area contributed by atoms with Gasteiger partial charge in [-0.25, -0.2) is 14.1 Å². The smallest absolute Gasteiger partial charge is 0.388 e. The lowest BCUT2D eigenvalue weighted by atomic mass is 9.91. The van der Waals surface area contributed by atoms with Crippen molar-refractivity contribution < 1.29 is 27.5 Å². The second kappa shape index (κ2) is 9.11. The Hall–Kier alpha value is -4.06. The molecule has 0 unspecified atom stereocenters. The molecule has 0 saturated carbocycles. The highest BCUT2D eigenvalue weighted by Gasteiger charge is 2.35. The molecule has 1 aliphatic rings. The molecule has 1 saturated heterocycles. The van der Waals surface area contributed by atoms with Gasteiger partial charge >= 0.3 is 6.18 Å². The highest BCUT2D eigenvalue weighted by atomic mass is 19.4. The van der Waals surface area contributed by atoms with E-state index in [2.05, 4.69) is 10.1 Å². The molecule has 0 spiro atoms. The molecule has 5 rings (SSSR count). The molecular formula is C25H21F4N5O3. The number of alkyl halides is 3. The summed E-state index contributed by atoms with van der Waals surface area (Å²) in [6.07, 6.45) is -1.49. The van der Waals surface area contributed by atoms with Gasteiger partial charge in [0.1, 0.15) is 17.5 Å². The second-order valence-electron chi connectivity index (χ2n) is 9.04. The number of carbonyl (C=O) groups is 1. The minimum Gasteiger partial charge on any atom is -0.388 e. The molecule has 12 heteroatoms. The van der Waals surface area contributed by atoms with Crippen molar-refractivity contribution in [3.63, 3.8) is 0 Å². The maximum absolute atomic E-state index is 13.1. The summed E-state index contributed by atoms with van der Waals surface area (Å²) in [5.41, 5.74) is -1.69. The van der Waals surface area contributed by atoms with Gasteiger partial charge in [0.15, 0.2) is 5.65 Å². The third-order valence-electron chi connectivity index (χ3n) is 6.53. The van der Waals surface area contributed by atoms with Crippen LogP contribution >= 0.6 is 0 Å². The van der Waals surface area contributed by atoms with Gasteiger partial charge in [0.25, 0.3) is 11.5 Å². The summed E-state index contributed by atoms with van der Waals surface area (Å²) in [5, 5.41) is 15.4. The molecule has 0 bridgehead atoms. The van der Waals surface area contributed by atoms with Crippen molar-refractivity contribution in [1.29, 1.82) is 0 Å². The van der Waals surface area contributed by atoms with Gasteiger partial charge in [-0.1, -0.05) is 0 Å². The van der Waals surface area contributed by atoms with Gasteiger partial charge in [0.2, 0.25) is 0 Å². The zero-order valence-electron chi connectivity index (χ0n) is 19.3. The van der Waals surface area contributed by atoms with Crippen molar-refractivity contribution in [2.45, 2.75) is 31.2 Å². The lowest BCUT2D eigenvalue weighted by molar-refractivity contribution is -0.137. The van der Waals surface area contributed by atoms with Crippen molar-refractivity contribution >= 4 is 16.9 Å². The number of carbonyl (C=O) groups excluding carboxylic acids is 1. The minimum atomic E-state index is -4.47. The molecule has 2 aromatic heterocycles. The van der Waals surface area contributed by atoms with E-state index in [4.69, 9.17) is 0 Å². The molecule has 2 aromatic carbocycles. The average molecular weight is 515 g/mol. The Morgan fingerprint density at radius 2 is 1.68 bits per heavy atom. The van der Waals surface area contributed by atoms with Gasteiger partial charge in [-0.05, 0) is 61.4 Å². The fourth-order valence-corrected chi connectivity index (χ4v) is 4.42. The number of amides is 1. The molecule has 4 aromatic rings. The molecule has 1 N–H and O–H groups in total. The van der Waals surface area contributed by atoms with Gasteiger partial charge in [0.05, 0.1) is 29.6 Å². The Labute approximate surface area is 207 Å². The van der Waals surface area contributed by atoms with Crippen LogP contribution in [0.2, 0.25) is 0 Å². The fraction of sp³-hybridized carbons (Fsp3) is 0.280. The molecule has 37 heavy (non-hydrogen) atoms. The van der Waals surface area contributed by atoms with Crippen LogP contribution in [0.15, 0.2) is 65.8 Å². The number of rotatable bonds is 4. The monoisotopic (exact) mass is 515 g/mol. The van der Waals surface area contributed by atoms with Gasteiger partial charge < -0.3 is 10.0 Å². The second-order valence-corrected chi connectivity index (χ2v) is 9.04. The molecule has 8 nitrogen and oxygen atoms in total. The summed E-state index contributed by atoms with van der Waals surface area (Å²) in [7, 11) is 0. The largest absolute Gasteiger partial charge is 0.416 e. The predicted molar refractivity (Wildman–Crippen MR) is 125 cm³/mol. The van der Waals surface area contributed by atoms with Crippen LogP contribution in [0.3, 0.4) is 0 Å². The quantitative estimate of drug-likeness (QED) is 0.421. The van der Waals surface area contributed by atoms with E-state index in [1.54, 1.807) is 4.90 Å². The molecule has 3 heterocycles. The summed E-state index contributed by atoms with van der Waals surface area (Å²) < 4.78 is 54.2. The third kappa shape index (κ3) is 4.84. The van der Waals surface area contributed by atoms with E-state index >= 15 is 0 Å². The molecule has 1 fully saturated rings. The number of hydrogen-bond donors (Lipinski definition) is 1. The van der Waals surface area contributed by atoms with E-state index in [1.165, 1.54) is 58.2 Å². The fourth-order valence-electron chi connectivity index (χ4n) is 4.42. The van der Waals surface area contributed by atoms with Crippen LogP contribution < -0.4 is 5.56 Å². The zero-order valence-corrected chi connectivity index (χ0v) is 19.3. The molecular weight excluding hydrogens is 494 g/mol. The lowest BCUT2D eigenvalue weighted by Crippen LogP contribution is -2.49. The Morgan fingerprint density at radius 3 is 2.30 bits per heavy atom. The first kappa shape index (κ1) is 24.6. The van der Waals surface area contributed by atoms with Crippen molar-refractivity contribution in [2.24, 2.45) is 0 Å². The predicted octanol–water partition coefficient (Wildman–Crippen LogP) is 3.41. The number of halogens is 4. The molecule has 192 valence electrons. The molecule has 0 aliphatic carbocycles. The normalized spacial score (nSPS) is 15.8. The maximum atomic E-state index is 13.1. The van der Waals surface area contributed by atoms with Crippen molar-refractivity contribution in [2.75, 3.05) is 13.1 Å². The Bertz CT molecular complexity index is 1500. The maximum Gasteiger partial charge on any atom is 0.416 e. The van der Waals surface area contributed by atoms with Gasteiger partial charge in [0, 0.05) is 18.7 Å². The Kier molecular flexibility index (Phi) is 6.06. The third-order valence-corrected chi connectivity index (χ3v) is 6.53. The zero-order chi connectivity index (χ0) is 26.4. The Balaban J connectivity index is 1.31.